The fourth-order valence-electron chi connectivity index (χ4n) is 2.81. The second-order valence-electron chi connectivity index (χ2n) is 5.81. The fraction of sp³-hybridized carbons (Fsp3) is 0.278. The van der Waals surface area contributed by atoms with Crippen LogP contribution in [0.15, 0.2) is 28.7 Å². The van der Waals surface area contributed by atoms with Gasteiger partial charge in [0.1, 0.15) is 22.7 Å². The van der Waals surface area contributed by atoms with Crippen LogP contribution in [0.4, 0.5) is 4.39 Å². The summed E-state index contributed by atoms with van der Waals surface area (Å²) in [5, 5.41) is 11.8. The Morgan fingerprint density at radius 2 is 2.15 bits per heavy atom. The van der Waals surface area contributed by atoms with E-state index in [1.165, 1.54) is 12.1 Å². The number of imidazole rings is 1. The van der Waals surface area contributed by atoms with E-state index in [1.807, 2.05) is 0 Å². The van der Waals surface area contributed by atoms with Gasteiger partial charge in [-0.25, -0.2) is 14.2 Å². The molecule has 1 amide bonds. The normalized spacial score (nSPS) is 11.0. The summed E-state index contributed by atoms with van der Waals surface area (Å²) >= 11 is 0. The maximum absolute atomic E-state index is 13.8. The van der Waals surface area contributed by atoms with Crippen LogP contribution in [0.1, 0.15) is 39.4 Å². The molecule has 2 N–H and O–H groups in total. The number of para-hydroxylation sites is 1. The van der Waals surface area contributed by atoms with Crippen LogP contribution in [0.25, 0.3) is 11.0 Å². The number of carboxylic acid groups (broad SMARTS) is 1. The first kappa shape index (κ1) is 17.7. The topological polar surface area (TPSA) is 97.4 Å². The number of furan rings is 1. The average Bonchev–Trinajstić information content (AvgIpc) is 3.18. The summed E-state index contributed by atoms with van der Waals surface area (Å²) in [5.74, 6) is -1.19. The van der Waals surface area contributed by atoms with Crippen LogP contribution in [0.3, 0.4) is 0 Å². The number of hydrogen-bond acceptors (Lipinski definition) is 4. The highest BCUT2D eigenvalue weighted by Gasteiger charge is 2.20. The Kier molecular flexibility index (Phi) is 4.75. The number of aromatic nitrogens is 2. The highest BCUT2D eigenvalue weighted by atomic mass is 19.1. The van der Waals surface area contributed by atoms with Crippen molar-refractivity contribution < 1.29 is 23.5 Å². The van der Waals surface area contributed by atoms with E-state index < -0.39 is 17.7 Å². The Morgan fingerprint density at radius 1 is 1.38 bits per heavy atom. The van der Waals surface area contributed by atoms with E-state index in [0.717, 1.165) is 0 Å². The molecule has 136 valence electrons. The Hall–Kier alpha value is -3.16. The molecule has 0 fully saturated rings. The summed E-state index contributed by atoms with van der Waals surface area (Å²) in [5.41, 5.74) is 0.959. The smallest absolute Gasteiger partial charge is 0.339 e. The summed E-state index contributed by atoms with van der Waals surface area (Å²) in [6.07, 6.45) is 0.768. The molecule has 0 spiro atoms. The largest absolute Gasteiger partial charge is 0.478 e. The molecule has 0 radical (unpaired) electrons. The molecule has 0 saturated heterocycles. The van der Waals surface area contributed by atoms with Gasteiger partial charge in [0, 0.05) is 32.5 Å². The van der Waals surface area contributed by atoms with E-state index in [0.29, 0.717) is 29.7 Å². The lowest BCUT2D eigenvalue weighted by atomic mass is 10.2. The minimum atomic E-state index is -1.13. The van der Waals surface area contributed by atoms with Crippen molar-refractivity contribution in [3.05, 3.63) is 53.0 Å². The lowest BCUT2D eigenvalue weighted by Crippen LogP contribution is -2.26. The average molecular weight is 359 g/mol. The molecule has 0 saturated carbocycles. The van der Waals surface area contributed by atoms with E-state index >= 15 is 0 Å². The summed E-state index contributed by atoms with van der Waals surface area (Å²) in [7, 11) is 1.78. The predicted octanol–water partition coefficient (Wildman–Crippen LogP) is 2.54. The number of carbonyl (C=O) groups is 2. The Balaban J connectivity index is 1.69. The van der Waals surface area contributed by atoms with Crippen LogP contribution >= 0.6 is 0 Å². The molecule has 0 aliphatic carbocycles. The van der Waals surface area contributed by atoms with Crippen molar-refractivity contribution in [2.75, 3.05) is 6.54 Å². The molecule has 0 atom stereocenters. The Morgan fingerprint density at radius 3 is 2.77 bits per heavy atom. The molecule has 7 nitrogen and oxygen atoms in total. The monoisotopic (exact) mass is 359 g/mol. The van der Waals surface area contributed by atoms with Crippen molar-refractivity contribution in [1.29, 1.82) is 0 Å². The van der Waals surface area contributed by atoms with Crippen molar-refractivity contribution in [2.45, 2.75) is 19.8 Å². The van der Waals surface area contributed by atoms with Gasteiger partial charge in [0.05, 0.1) is 5.52 Å². The Bertz CT molecular complexity index is 990. The van der Waals surface area contributed by atoms with E-state index in [9.17, 15) is 14.0 Å². The van der Waals surface area contributed by atoms with Crippen LogP contribution in [0.5, 0.6) is 0 Å². The van der Waals surface area contributed by atoms with E-state index in [1.54, 1.807) is 30.7 Å². The number of aryl methyl sites for hydroxylation is 2. The van der Waals surface area contributed by atoms with Crippen LogP contribution < -0.4 is 5.32 Å². The molecule has 2 aromatic heterocycles. The van der Waals surface area contributed by atoms with Gasteiger partial charge in [0.15, 0.2) is 11.6 Å². The minimum absolute atomic E-state index is 0.0107. The van der Waals surface area contributed by atoms with Crippen molar-refractivity contribution in [2.24, 2.45) is 7.05 Å². The molecular formula is C18H18FN3O4. The second-order valence-corrected chi connectivity index (χ2v) is 5.81. The lowest BCUT2D eigenvalue weighted by Gasteiger charge is -2.04. The van der Waals surface area contributed by atoms with Crippen molar-refractivity contribution in [3.63, 3.8) is 0 Å². The predicted molar refractivity (Wildman–Crippen MR) is 91.8 cm³/mol. The van der Waals surface area contributed by atoms with Crippen molar-refractivity contribution in [1.82, 2.24) is 14.9 Å². The zero-order valence-electron chi connectivity index (χ0n) is 14.4. The third-order valence-electron chi connectivity index (χ3n) is 4.17. The number of carbonyl (C=O) groups excluding carboxylic acids is 1. The third-order valence-corrected chi connectivity index (χ3v) is 4.17. The summed E-state index contributed by atoms with van der Waals surface area (Å²) in [6.45, 7) is 2.00. The number of amides is 1. The maximum Gasteiger partial charge on any atom is 0.339 e. The van der Waals surface area contributed by atoms with Gasteiger partial charge in [-0.05, 0) is 12.1 Å². The number of fused-ring (bicyclic) bond motifs is 1. The van der Waals surface area contributed by atoms with E-state index in [-0.39, 0.29) is 23.6 Å². The SMILES string of the molecule is CCc1oc(C(=O)NCCc2nc3c(F)cccc3n2C)cc1C(=O)O. The zero-order valence-corrected chi connectivity index (χ0v) is 14.4. The molecule has 0 unspecified atom stereocenters. The fourth-order valence-corrected chi connectivity index (χ4v) is 2.81. The van der Waals surface area contributed by atoms with Gasteiger partial charge in [0.2, 0.25) is 0 Å². The molecule has 8 heteroatoms. The molecule has 0 aliphatic rings. The maximum atomic E-state index is 13.8. The number of nitrogens with zero attached hydrogens (tertiary/aromatic N) is 2. The van der Waals surface area contributed by atoms with Gasteiger partial charge in [0.25, 0.3) is 5.91 Å². The van der Waals surface area contributed by atoms with Gasteiger partial charge in [-0.15, -0.1) is 0 Å². The number of benzene rings is 1. The molecule has 0 aliphatic heterocycles. The highest BCUT2D eigenvalue weighted by Crippen LogP contribution is 2.18. The van der Waals surface area contributed by atoms with E-state index in [4.69, 9.17) is 9.52 Å². The summed E-state index contributed by atoms with van der Waals surface area (Å²) < 4.78 is 20.9. The number of halogens is 1. The molecule has 0 bridgehead atoms. The first-order chi connectivity index (χ1) is 12.4. The zero-order chi connectivity index (χ0) is 18.8. The first-order valence-electron chi connectivity index (χ1n) is 8.16. The Labute approximate surface area is 148 Å². The van der Waals surface area contributed by atoms with Crippen LogP contribution in [-0.4, -0.2) is 33.1 Å². The molecule has 3 rings (SSSR count). The molecule has 26 heavy (non-hydrogen) atoms. The molecule has 1 aromatic carbocycles. The van der Waals surface area contributed by atoms with Gasteiger partial charge in [-0.2, -0.15) is 0 Å². The van der Waals surface area contributed by atoms with Crippen molar-refractivity contribution in [3.8, 4) is 0 Å². The minimum Gasteiger partial charge on any atom is -0.478 e. The second kappa shape index (κ2) is 6.99. The first-order valence-corrected chi connectivity index (χ1v) is 8.16. The van der Waals surface area contributed by atoms with E-state index in [2.05, 4.69) is 10.3 Å². The summed E-state index contributed by atoms with van der Waals surface area (Å²) in [4.78, 5) is 27.6. The quantitative estimate of drug-likeness (QED) is 0.705. The lowest BCUT2D eigenvalue weighted by molar-refractivity contribution is 0.0694. The standard InChI is InChI=1S/C18H18FN3O4/c1-3-13-10(18(24)25)9-14(26-13)17(23)20-8-7-15-21-16-11(19)5-4-6-12(16)22(15)2/h4-6,9H,3,7-8H2,1-2H3,(H,20,23)(H,24,25). The third kappa shape index (κ3) is 3.17. The van der Waals surface area contributed by atoms with Gasteiger partial charge in [-0.1, -0.05) is 13.0 Å². The van der Waals surface area contributed by atoms with Crippen LogP contribution in [0.2, 0.25) is 0 Å². The number of rotatable bonds is 6. The molecule has 2 heterocycles. The van der Waals surface area contributed by atoms with Gasteiger partial charge in [-0.3, -0.25) is 4.79 Å². The molecular weight excluding hydrogens is 341 g/mol. The highest BCUT2D eigenvalue weighted by molar-refractivity contribution is 5.96. The van der Waals surface area contributed by atoms with Crippen LogP contribution in [-0.2, 0) is 19.9 Å². The number of nitrogens with one attached hydrogen (secondary N) is 1. The van der Waals surface area contributed by atoms with Crippen molar-refractivity contribution >= 4 is 22.9 Å². The van der Waals surface area contributed by atoms with Gasteiger partial charge >= 0.3 is 5.97 Å². The number of hydrogen-bond donors (Lipinski definition) is 2. The van der Waals surface area contributed by atoms with Gasteiger partial charge < -0.3 is 19.4 Å². The number of carboxylic acids is 1. The van der Waals surface area contributed by atoms with Crippen LogP contribution in [0, 0.1) is 5.82 Å². The summed E-state index contributed by atoms with van der Waals surface area (Å²) in [6, 6.07) is 5.97. The number of aromatic carboxylic acids is 1. The molecule has 3 aromatic rings.